The lowest BCUT2D eigenvalue weighted by Gasteiger charge is -2.31. The van der Waals surface area contributed by atoms with Crippen LogP contribution in [0, 0.1) is 0 Å². The SMILES string of the molecule is CNc1cccc(CN2CCCC(OC)C2)n1. The predicted octanol–water partition coefficient (Wildman–Crippen LogP) is 1.73. The van der Waals surface area contributed by atoms with Crippen molar-refractivity contribution in [2.24, 2.45) is 0 Å². The minimum atomic E-state index is 0.385. The minimum Gasteiger partial charge on any atom is -0.380 e. The zero-order valence-electron chi connectivity index (χ0n) is 10.6. The van der Waals surface area contributed by atoms with Gasteiger partial charge >= 0.3 is 0 Å². The second-order valence-electron chi connectivity index (χ2n) is 4.50. The van der Waals surface area contributed by atoms with Gasteiger partial charge in [0.2, 0.25) is 0 Å². The maximum absolute atomic E-state index is 5.43. The molecule has 1 fully saturated rings. The third-order valence-electron chi connectivity index (χ3n) is 3.24. The summed E-state index contributed by atoms with van der Waals surface area (Å²) in [6.07, 6.45) is 2.78. The summed E-state index contributed by atoms with van der Waals surface area (Å²) in [6.45, 7) is 3.07. The summed E-state index contributed by atoms with van der Waals surface area (Å²) in [5.74, 6) is 0.933. The summed E-state index contributed by atoms with van der Waals surface area (Å²) in [5, 5.41) is 3.07. The molecule has 0 spiro atoms. The Labute approximate surface area is 103 Å². The van der Waals surface area contributed by atoms with E-state index in [2.05, 4.69) is 21.3 Å². The standard InChI is InChI=1S/C13H21N3O/c1-14-13-7-3-5-11(15-13)9-16-8-4-6-12(10-16)17-2/h3,5,7,12H,4,6,8-10H2,1-2H3,(H,14,15). The molecule has 1 aliphatic rings. The predicted molar refractivity (Wildman–Crippen MR) is 69.1 cm³/mol. The third-order valence-corrected chi connectivity index (χ3v) is 3.24. The largest absolute Gasteiger partial charge is 0.380 e. The van der Waals surface area contributed by atoms with Crippen LogP contribution in [0.15, 0.2) is 18.2 Å². The first kappa shape index (κ1) is 12.3. The molecule has 4 heteroatoms. The first-order chi connectivity index (χ1) is 8.31. The molecule has 2 heterocycles. The lowest BCUT2D eigenvalue weighted by Crippen LogP contribution is -2.38. The van der Waals surface area contributed by atoms with E-state index in [0.717, 1.165) is 31.1 Å². The molecule has 1 aromatic rings. The Kier molecular flexibility index (Phi) is 4.34. The fourth-order valence-corrected chi connectivity index (χ4v) is 2.29. The van der Waals surface area contributed by atoms with Gasteiger partial charge in [-0.3, -0.25) is 4.90 Å². The number of anilines is 1. The Hall–Kier alpha value is -1.13. The Balaban J connectivity index is 1.95. The van der Waals surface area contributed by atoms with Gasteiger partial charge in [-0.1, -0.05) is 6.07 Å². The highest BCUT2D eigenvalue weighted by molar-refractivity contribution is 5.34. The van der Waals surface area contributed by atoms with E-state index < -0.39 is 0 Å². The second-order valence-corrected chi connectivity index (χ2v) is 4.50. The molecule has 0 saturated carbocycles. The fourth-order valence-electron chi connectivity index (χ4n) is 2.29. The Morgan fingerprint density at radius 2 is 2.41 bits per heavy atom. The van der Waals surface area contributed by atoms with Gasteiger partial charge in [0.05, 0.1) is 11.8 Å². The molecule has 1 atom stereocenters. The van der Waals surface area contributed by atoms with Crippen LogP contribution in [-0.4, -0.2) is 43.2 Å². The number of hydrogen-bond acceptors (Lipinski definition) is 4. The molecule has 1 unspecified atom stereocenters. The summed E-state index contributed by atoms with van der Waals surface area (Å²) in [4.78, 5) is 6.96. The normalized spacial score (nSPS) is 21.4. The van der Waals surface area contributed by atoms with Crippen LogP contribution in [-0.2, 0) is 11.3 Å². The van der Waals surface area contributed by atoms with Gasteiger partial charge in [0.25, 0.3) is 0 Å². The van der Waals surface area contributed by atoms with Crippen molar-refractivity contribution in [2.75, 3.05) is 32.6 Å². The molecule has 4 nitrogen and oxygen atoms in total. The third kappa shape index (κ3) is 3.41. The van der Waals surface area contributed by atoms with Gasteiger partial charge < -0.3 is 10.1 Å². The van der Waals surface area contributed by atoms with Crippen LogP contribution in [0.25, 0.3) is 0 Å². The Morgan fingerprint density at radius 3 is 3.18 bits per heavy atom. The second kappa shape index (κ2) is 5.98. The number of likely N-dealkylation sites (tertiary alicyclic amines) is 1. The molecule has 0 aliphatic carbocycles. The van der Waals surface area contributed by atoms with E-state index in [1.54, 1.807) is 7.11 Å². The highest BCUT2D eigenvalue weighted by atomic mass is 16.5. The number of hydrogen-bond donors (Lipinski definition) is 1. The van der Waals surface area contributed by atoms with E-state index >= 15 is 0 Å². The van der Waals surface area contributed by atoms with E-state index in [1.165, 1.54) is 12.8 Å². The van der Waals surface area contributed by atoms with E-state index in [-0.39, 0.29) is 0 Å². The van der Waals surface area contributed by atoms with Gasteiger partial charge in [0.15, 0.2) is 0 Å². The summed E-state index contributed by atoms with van der Waals surface area (Å²) in [6, 6.07) is 6.11. The first-order valence-electron chi connectivity index (χ1n) is 6.20. The molecule has 2 rings (SSSR count). The van der Waals surface area contributed by atoms with Gasteiger partial charge in [0.1, 0.15) is 5.82 Å². The molecular weight excluding hydrogens is 214 g/mol. The maximum atomic E-state index is 5.43. The van der Waals surface area contributed by atoms with Crippen molar-refractivity contribution in [3.05, 3.63) is 23.9 Å². The van der Waals surface area contributed by atoms with Crippen molar-refractivity contribution in [1.82, 2.24) is 9.88 Å². The summed E-state index contributed by atoms with van der Waals surface area (Å²) >= 11 is 0. The molecular formula is C13H21N3O. The van der Waals surface area contributed by atoms with Crippen molar-refractivity contribution in [3.63, 3.8) is 0 Å². The van der Waals surface area contributed by atoms with Crippen LogP contribution in [0.3, 0.4) is 0 Å². The molecule has 1 saturated heterocycles. The van der Waals surface area contributed by atoms with Crippen molar-refractivity contribution in [3.8, 4) is 0 Å². The summed E-state index contributed by atoms with van der Waals surface area (Å²) < 4.78 is 5.43. The van der Waals surface area contributed by atoms with Gasteiger partial charge in [-0.2, -0.15) is 0 Å². The lowest BCUT2D eigenvalue weighted by atomic mass is 10.1. The molecule has 0 radical (unpaired) electrons. The highest BCUT2D eigenvalue weighted by Gasteiger charge is 2.19. The molecule has 1 aromatic heterocycles. The number of nitrogens with one attached hydrogen (secondary N) is 1. The molecule has 1 aliphatic heterocycles. The zero-order valence-corrected chi connectivity index (χ0v) is 10.6. The quantitative estimate of drug-likeness (QED) is 0.862. The lowest BCUT2D eigenvalue weighted by molar-refractivity contribution is 0.0281. The van der Waals surface area contributed by atoms with Crippen molar-refractivity contribution < 1.29 is 4.74 Å². The van der Waals surface area contributed by atoms with Crippen LogP contribution in [0.1, 0.15) is 18.5 Å². The number of rotatable bonds is 4. The van der Waals surface area contributed by atoms with E-state index in [4.69, 9.17) is 4.74 Å². The van der Waals surface area contributed by atoms with E-state index in [1.807, 2.05) is 19.2 Å². The van der Waals surface area contributed by atoms with E-state index in [9.17, 15) is 0 Å². The number of ether oxygens (including phenoxy) is 1. The average Bonchev–Trinajstić information content (AvgIpc) is 2.39. The topological polar surface area (TPSA) is 37.4 Å². The smallest absolute Gasteiger partial charge is 0.126 e. The van der Waals surface area contributed by atoms with Crippen LogP contribution < -0.4 is 5.32 Å². The maximum Gasteiger partial charge on any atom is 0.126 e. The monoisotopic (exact) mass is 235 g/mol. The van der Waals surface area contributed by atoms with Crippen LogP contribution in [0.2, 0.25) is 0 Å². The minimum absolute atomic E-state index is 0.385. The number of aromatic nitrogens is 1. The van der Waals surface area contributed by atoms with E-state index in [0.29, 0.717) is 6.10 Å². The Morgan fingerprint density at radius 1 is 1.53 bits per heavy atom. The molecule has 0 amide bonds. The molecule has 94 valence electrons. The van der Waals surface area contributed by atoms with Crippen molar-refractivity contribution >= 4 is 5.82 Å². The number of pyridine rings is 1. The number of nitrogens with zero attached hydrogens (tertiary/aromatic N) is 2. The number of piperidine rings is 1. The fraction of sp³-hybridized carbons (Fsp3) is 0.615. The molecule has 0 bridgehead atoms. The van der Waals surface area contributed by atoms with Crippen LogP contribution in [0.5, 0.6) is 0 Å². The van der Waals surface area contributed by atoms with Crippen LogP contribution in [0.4, 0.5) is 5.82 Å². The summed E-state index contributed by atoms with van der Waals surface area (Å²) in [5.41, 5.74) is 1.12. The molecule has 1 N–H and O–H groups in total. The highest BCUT2D eigenvalue weighted by Crippen LogP contribution is 2.15. The van der Waals surface area contributed by atoms with Gasteiger partial charge in [0, 0.05) is 27.2 Å². The molecule has 0 aromatic carbocycles. The Bertz CT molecular complexity index is 356. The van der Waals surface area contributed by atoms with Gasteiger partial charge in [-0.25, -0.2) is 4.98 Å². The summed E-state index contributed by atoms with van der Waals surface area (Å²) in [7, 11) is 3.70. The van der Waals surface area contributed by atoms with Gasteiger partial charge in [-0.05, 0) is 31.5 Å². The van der Waals surface area contributed by atoms with Crippen molar-refractivity contribution in [2.45, 2.75) is 25.5 Å². The first-order valence-corrected chi connectivity index (χ1v) is 6.20. The molecule has 17 heavy (non-hydrogen) atoms. The van der Waals surface area contributed by atoms with Gasteiger partial charge in [-0.15, -0.1) is 0 Å². The van der Waals surface area contributed by atoms with Crippen LogP contribution >= 0.6 is 0 Å². The van der Waals surface area contributed by atoms with Crippen molar-refractivity contribution in [1.29, 1.82) is 0 Å². The average molecular weight is 235 g/mol. The zero-order chi connectivity index (χ0) is 12.1. The number of methoxy groups -OCH3 is 1.